The Bertz CT molecular complexity index is 701. The van der Waals surface area contributed by atoms with Gasteiger partial charge in [-0.25, -0.2) is 0 Å². The van der Waals surface area contributed by atoms with Crippen molar-refractivity contribution in [3.63, 3.8) is 0 Å². The fourth-order valence-electron chi connectivity index (χ4n) is 1.50. The van der Waals surface area contributed by atoms with Gasteiger partial charge in [-0.1, -0.05) is 11.8 Å². The van der Waals surface area contributed by atoms with Crippen LogP contribution >= 0.6 is 11.3 Å². The maximum absolute atomic E-state index is 11.8. The first-order chi connectivity index (χ1) is 9.69. The second kappa shape index (κ2) is 6.70. The molecule has 0 atom stereocenters. The van der Waals surface area contributed by atoms with Crippen LogP contribution in [-0.2, 0) is 6.54 Å². The van der Waals surface area contributed by atoms with Gasteiger partial charge in [0.25, 0.3) is 5.91 Å². The number of hydrogen-bond acceptors (Lipinski definition) is 4. The number of aromatic nitrogens is 1. The predicted molar refractivity (Wildman–Crippen MR) is 78.5 cm³/mol. The van der Waals surface area contributed by atoms with Crippen LogP contribution in [0.2, 0.25) is 0 Å². The molecule has 2 rings (SSSR count). The van der Waals surface area contributed by atoms with E-state index in [9.17, 15) is 9.59 Å². The lowest BCUT2D eigenvalue weighted by Crippen LogP contribution is -2.23. The predicted octanol–water partition coefficient (Wildman–Crippen LogP) is 0.677. The van der Waals surface area contributed by atoms with Crippen molar-refractivity contribution < 1.29 is 4.79 Å². The molecule has 0 saturated heterocycles. The minimum Gasteiger partial charge on any atom is -0.347 e. The zero-order valence-corrected chi connectivity index (χ0v) is 11.4. The number of nitrogens with one attached hydrogen (secondary N) is 2. The first-order valence-electron chi connectivity index (χ1n) is 5.93. The molecule has 2 heterocycles. The Morgan fingerprint density at radius 2 is 2.20 bits per heavy atom. The van der Waals surface area contributed by atoms with E-state index in [4.69, 9.17) is 5.73 Å². The van der Waals surface area contributed by atoms with Gasteiger partial charge in [-0.2, -0.15) is 0 Å². The van der Waals surface area contributed by atoms with Crippen molar-refractivity contribution in [2.75, 3.05) is 6.54 Å². The van der Waals surface area contributed by atoms with Crippen LogP contribution in [0, 0.1) is 11.8 Å². The Balaban J connectivity index is 1.94. The number of carbonyl (C=O) groups is 1. The van der Waals surface area contributed by atoms with Crippen molar-refractivity contribution in [1.29, 1.82) is 0 Å². The highest BCUT2D eigenvalue weighted by molar-refractivity contribution is 7.12. The molecule has 6 heteroatoms. The zero-order valence-electron chi connectivity index (χ0n) is 10.6. The van der Waals surface area contributed by atoms with E-state index in [1.165, 1.54) is 29.7 Å². The van der Waals surface area contributed by atoms with Crippen LogP contribution in [0.3, 0.4) is 0 Å². The normalized spacial score (nSPS) is 9.65. The molecule has 0 saturated carbocycles. The summed E-state index contributed by atoms with van der Waals surface area (Å²) in [6.07, 6.45) is 1.39. The average molecular weight is 287 g/mol. The third kappa shape index (κ3) is 3.82. The van der Waals surface area contributed by atoms with E-state index in [0.29, 0.717) is 18.7 Å². The number of H-pyrrole nitrogens is 1. The number of rotatable bonds is 3. The Hall–Kier alpha value is -2.36. The number of aromatic amines is 1. The molecule has 0 aliphatic heterocycles. The van der Waals surface area contributed by atoms with E-state index in [1.807, 2.05) is 12.1 Å². The van der Waals surface area contributed by atoms with Crippen molar-refractivity contribution in [3.05, 3.63) is 56.1 Å². The fourth-order valence-corrected chi connectivity index (χ4v) is 2.32. The molecule has 0 bridgehead atoms. The SMILES string of the molecule is NCC#Cc1ccc(CNC(=O)c2ccc(=O)[nH]c2)s1. The lowest BCUT2D eigenvalue weighted by atomic mass is 10.2. The van der Waals surface area contributed by atoms with Crippen LogP contribution < -0.4 is 16.6 Å². The summed E-state index contributed by atoms with van der Waals surface area (Å²) in [5.74, 6) is 5.49. The lowest BCUT2D eigenvalue weighted by molar-refractivity contribution is 0.0951. The molecule has 4 N–H and O–H groups in total. The van der Waals surface area contributed by atoms with Crippen molar-refractivity contribution in [3.8, 4) is 11.8 Å². The third-order valence-corrected chi connectivity index (χ3v) is 3.45. The summed E-state index contributed by atoms with van der Waals surface area (Å²) in [5.41, 5.74) is 5.49. The van der Waals surface area contributed by atoms with Gasteiger partial charge >= 0.3 is 0 Å². The minimum absolute atomic E-state index is 0.232. The number of thiophene rings is 1. The standard InChI is InChI=1S/C14H13N3O2S/c15-7-1-2-11-4-5-12(20-11)9-17-14(19)10-3-6-13(18)16-8-10/h3-6,8H,7,9,15H2,(H,16,18)(H,17,19). The monoisotopic (exact) mass is 287 g/mol. The van der Waals surface area contributed by atoms with E-state index >= 15 is 0 Å². The van der Waals surface area contributed by atoms with E-state index in [1.54, 1.807) is 0 Å². The third-order valence-electron chi connectivity index (χ3n) is 2.44. The average Bonchev–Trinajstić information content (AvgIpc) is 2.91. The number of pyridine rings is 1. The van der Waals surface area contributed by atoms with Gasteiger partial charge in [0, 0.05) is 17.1 Å². The van der Waals surface area contributed by atoms with Crippen LogP contribution in [0.25, 0.3) is 0 Å². The second-order valence-electron chi connectivity index (χ2n) is 3.90. The molecule has 0 spiro atoms. The fraction of sp³-hybridized carbons (Fsp3) is 0.143. The van der Waals surface area contributed by atoms with Crippen molar-refractivity contribution in [2.45, 2.75) is 6.54 Å². The summed E-state index contributed by atoms with van der Waals surface area (Å²) < 4.78 is 0. The van der Waals surface area contributed by atoms with E-state index in [2.05, 4.69) is 22.1 Å². The highest BCUT2D eigenvalue weighted by atomic mass is 32.1. The highest BCUT2D eigenvalue weighted by Crippen LogP contribution is 2.15. The Labute approximate surface area is 119 Å². The van der Waals surface area contributed by atoms with Gasteiger partial charge in [0.1, 0.15) is 0 Å². The molecule has 0 aliphatic rings. The molecule has 2 aromatic rings. The number of amides is 1. The maximum atomic E-state index is 11.8. The number of hydrogen-bond donors (Lipinski definition) is 3. The summed E-state index contributed by atoms with van der Waals surface area (Å²) in [7, 11) is 0. The lowest BCUT2D eigenvalue weighted by Gasteiger charge is -2.02. The number of nitrogens with two attached hydrogens (primary N) is 1. The van der Waals surface area contributed by atoms with E-state index in [0.717, 1.165) is 9.75 Å². The Kier molecular flexibility index (Phi) is 4.71. The minimum atomic E-state index is -0.233. The quantitative estimate of drug-likeness (QED) is 0.725. The molecular weight excluding hydrogens is 274 g/mol. The molecule has 2 aromatic heterocycles. The molecular formula is C14H13N3O2S. The zero-order chi connectivity index (χ0) is 14.4. The Morgan fingerprint density at radius 3 is 2.90 bits per heavy atom. The van der Waals surface area contributed by atoms with Gasteiger partial charge in [0.2, 0.25) is 5.56 Å². The van der Waals surface area contributed by atoms with Crippen LogP contribution in [-0.4, -0.2) is 17.4 Å². The summed E-state index contributed by atoms with van der Waals surface area (Å²) >= 11 is 1.51. The summed E-state index contributed by atoms with van der Waals surface area (Å²) in [4.78, 5) is 27.1. The smallest absolute Gasteiger partial charge is 0.253 e. The van der Waals surface area contributed by atoms with Crippen molar-refractivity contribution >= 4 is 17.2 Å². The molecule has 0 unspecified atom stereocenters. The van der Waals surface area contributed by atoms with Crippen molar-refractivity contribution in [1.82, 2.24) is 10.3 Å². The first kappa shape index (κ1) is 14.1. The molecule has 0 aromatic carbocycles. The van der Waals surface area contributed by atoms with Crippen molar-refractivity contribution in [2.24, 2.45) is 5.73 Å². The molecule has 102 valence electrons. The van der Waals surface area contributed by atoms with Crippen LogP contribution in [0.4, 0.5) is 0 Å². The molecule has 0 aliphatic carbocycles. The summed E-state index contributed by atoms with van der Waals surface area (Å²) in [6.45, 7) is 0.753. The first-order valence-corrected chi connectivity index (χ1v) is 6.75. The number of carbonyl (C=O) groups excluding carboxylic acids is 1. The van der Waals surface area contributed by atoms with Gasteiger partial charge in [-0.05, 0) is 18.2 Å². The molecule has 5 nitrogen and oxygen atoms in total. The van der Waals surface area contributed by atoms with E-state index in [-0.39, 0.29) is 11.5 Å². The van der Waals surface area contributed by atoms with Gasteiger partial charge in [-0.3, -0.25) is 9.59 Å². The van der Waals surface area contributed by atoms with Gasteiger partial charge in [0.15, 0.2) is 0 Å². The summed E-state index contributed by atoms with van der Waals surface area (Å²) in [6, 6.07) is 6.62. The van der Waals surface area contributed by atoms with Crippen LogP contribution in [0.5, 0.6) is 0 Å². The van der Waals surface area contributed by atoms with Crippen LogP contribution in [0.1, 0.15) is 20.1 Å². The molecule has 20 heavy (non-hydrogen) atoms. The highest BCUT2D eigenvalue weighted by Gasteiger charge is 2.06. The van der Waals surface area contributed by atoms with Gasteiger partial charge in [-0.15, -0.1) is 11.3 Å². The van der Waals surface area contributed by atoms with Crippen LogP contribution in [0.15, 0.2) is 35.3 Å². The largest absolute Gasteiger partial charge is 0.347 e. The van der Waals surface area contributed by atoms with E-state index < -0.39 is 0 Å². The topological polar surface area (TPSA) is 88.0 Å². The Morgan fingerprint density at radius 1 is 1.35 bits per heavy atom. The molecule has 0 fully saturated rings. The van der Waals surface area contributed by atoms with Gasteiger partial charge in [0.05, 0.1) is 23.5 Å². The summed E-state index contributed by atoms with van der Waals surface area (Å²) in [5, 5.41) is 2.78. The molecule has 1 amide bonds. The second-order valence-corrected chi connectivity index (χ2v) is 5.06. The maximum Gasteiger partial charge on any atom is 0.253 e. The van der Waals surface area contributed by atoms with Gasteiger partial charge < -0.3 is 16.0 Å². The molecule has 0 radical (unpaired) electrons.